The lowest BCUT2D eigenvalue weighted by atomic mass is 9.49. The van der Waals surface area contributed by atoms with Gasteiger partial charge in [0.1, 0.15) is 0 Å². The van der Waals surface area contributed by atoms with Gasteiger partial charge in [-0.25, -0.2) is 0 Å². The summed E-state index contributed by atoms with van der Waals surface area (Å²) in [5.74, 6) is 2.97. The zero-order valence-electron chi connectivity index (χ0n) is 13.8. The lowest BCUT2D eigenvalue weighted by Crippen LogP contribution is -2.51. The fourth-order valence-corrected chi connectivity index (χ4v) is 5.87. The Hall–Kier alpha value is -1.31. The Balaban J connectivity index is 1.46. The summed E-state index contributed by atoms with van der Waals surface area (Å²) in [6.45, 7) is 5.02. The Morgan fingerprint density at radius 2 is 1.68 bits per heavy atom. The van der Waals surface area contributed by atoms with Crippen molar-refractivity contribution in [1.29, 1.82) is 0 Å². The summed E-state index contributed by atoms with van der Waals surface area (Å²) in [4.78, 5) is 12.6. The number of hydrogen-bond donors (Lipinski definition) is 1. The maximum Gasteiger partial charge on any atom is 0.251 e. The topological polar surface area (TPSA) is 29.1 Å². The highest BCUT2D eigenvalue weighted by Crippen LogP contribution is 2.59. The predicted molar refractivity (Wildman–Crippen MR) is 88.9 cm³/mol. The van der Waals surface area contributed by atoms with Crippen molar-refractivity contribution >= 4 is 5.91 Å². The summed E-state index contributed by atoms with van der Waals surface area (Å²) in [5, 5.41) is 3.29. The monoisotopic (exact) mass is 297 g/mol. The fraction of sp³-hybridized carbons (Fsp3) is 0.650. The van der Waals surface area contributed by atoms with E-state index < -0.39 is 0 Å². The zero-order chi connectivity index (χ0) is 15.3. The molecule has 1 amide bonds. The summed E-state index contributed by atoms with van der Waals surface area (Å²) >= 11 is 0. The molecule has 4 saturated carbocycles. The van der Waals surface area contributed by atoms with Crippen LogP contribution in [0, 0.1) is 37.0 Å². The molecular formula is C20H27NO. The van der Waals surface area contributed by atoms with Crippen LogP contribution in [0.3, 0.4) is 0 Å². The molecule has 4 bridgehead atoms. The van der Waals surface area contributed by atoms with Gasteiger partial charge < -0.3 is 5.32 Å². The van der Waals surface area contributed by atoms with Crippen LogP contribution in [-0.4, -0.2) is 12.5 Å². The van der Waals surface area contributed by atoms with Crippen molar-refractivity contribution in [3.05, 3.63) is 34.9 Å². The van der Waals surface area contributed by atoms with E-state index in [9.17, 15) is 4.79 Å². The Bertz CT molecular complexity index is 568. The molecule has 0 saturated heterocycles. The van der Waals surface area contributed by atoms with Crippen LogP contribution in [0.4, 0.5) is 0 Å². The largest absolute Gasteiger partial charge is 0.351 e. The van der Waals surface area contributed by atoms with Crippen molar-refractivity contribution in [2.24, 2.45) is 23.2 Å². The fourth-order valence-electron chi connectivity index (χ4n) is 5.87. The Morgan fingerprint density at radius 1 is 1.09 bits per heavy atom. The van der Waals surface area contributed by atoms with E-state index in [1.807, 2.05) is 12.1 Å². The molecule has 4 aliphatic carbocycles. The molecule has 0 atom stereocenters. The van der Waals surface area contributed by atoms with E-state index in [1.54, 1.807) is 0 Å². The van der Waals surface area contributed by atoms with Crippen molar-refractivity contribution in [2.45, 2.75) is 52.4 Å². The van der Waals surface area contributed by atoms with E-state index in [1.165, 1.54) is 44.1 Å². The summed E-state index contributed by atoms with van der Waals surface area (Å²) in [7, 11) is 0. The number of hydrogen-bond acceptors (Lipinski definition) is 1. The molecule has 1 aromatic carbocycles. The minimum Gasteiger partial charge on any atom is -0.351 e. The second-order valence-electron chi connectivity index (χ2n) is 8.35. The quantitative estimate of drug-likeness (QED) is 0.888. The molecule has 4 aliphatic rings. The van der Waals surface area contributed by atoms with Crippen LogP contribution < -0.4 is 5.32 Å². The number of rotatable bonds is 3. The molecule has 2 nitrogen and oxygen atoms in total. The number of amides is 1. The lowest BCUT2D eigenvalue weighted by molar-refractivity contribution is -0.0503. The molecule has 5 rings (SSSR count). The van der Waals surface area contributed by atoms with Crippen LogP contribution in [0.15, 0.2) is 18.2 Å². The van der Waals surface area contributed by atoms with Gasteiger partial charge in [-0.15, -0.1) is 0 Å². The van der Waals surface area contributed by atoms with E-state index in [0.29, 0.717) is 5.41 Å². The van der Waals surface area contributed by atoms with Crippen molar-refractivity contribution in [3.63, 3.8) is 0 Å². The van der Waals surface area contributed by atoms with Crippen LogP contribution in [0.25, 0.3) is 0 Å². The van der Waals surface area contributed by atoms with E-state index in [2.05, 4.69) is 25.2 Å². The van der Waals surface area contributed by atoms with Crippen LogP contribution >= 0.6 is 0 Å². The molecule has 0 aromatic heterocycles. The summed E-state index contributed by atoms with van der Waals surface area (Å²) in [6, 6.07) is 6.02. The van der Waals surface area contributed by atoms with Gasteiger partial charge >= 0.3 is 0 Å². The normalized spacial score (nSPS) is 35.6. The molecule has 0 aliphatic heterocycles. The van der Waals surface area contributed by atoms with E-state index in [0.717, 1.165) is 35.4 Å². The van der Waals surface area contributed by atoms with E-state index in [4.69, 9.17) is 0 Å². The second-order valence-corrected chi connectivity index (χ2v) is 8.35. The molecule has 0 heterocycles. The van der Waals surface area contributed by atoms with Crippen molar-refractivity contribution in [1.82, 2.24) is 5.32 Å². The first-order chi connectivity index (χ1) is 10.5. The predicted octanol–water partition coefficient (Wildman–Crippen LogP) is 4.25. The maximum absolute atomic E-state index is 12.6. The van der Waals surface area contributed by atoms with E-state index in [-0.39, 0.29) is 5.91 Å². The Labute approximate surface area is 133 Å². The van der Waals surface area contributed by atoms with Crippen molar-refractivity contribution < 1.29 is 4.79 Å². The molecule has 0 radical (unpaired) electrons. The molecule has 0 spiro atoms. The minimum absolute atomic E-state index is 0.122. The van der Waals surface area contributed by atoms with Gasteiger partial charge in [-0.3, -0.25) is 4.79 Å². The molecular weight excluding hydrogens is 270 g/mol. The Morgan fingerprint density at radius 3 is 2.27 bits per heavy atom. The van der Waals surface area contributed by atoms with Crippen molar-refractivity contribution in [3.8, 4) is 0 Å². The number of carbonyl (C=O) groups excluding carboxylic acids is 1. The number of carbonyl (C=O) groups is 1. The highest BCUT2D eigenvalue weighted by atomic mass is 16.1. The van der Waals surface area contributed by atoms with Crippen LogP contribution in [0.5, 0.6) is 0 Å². The van der Waals surface area contributed by atoms with Gasteiger partial charge in [-0.05, 0) is 92.7 Å². The van der Waals surface area contributed by atoms with Gasteiger partial charge in [0.05, 0.1) is 0 Å². The first-order valence-corrected chi connectivity index (χ1v) is 8.89. The molecule has 1 N–H and O–H groups in total. The lowest BCUT2D eigenvalue weighted by Gasteiger charge is -2.56. The van der Waals surface area contributed by atoms with Crippen molar-refractivity contribution in [2.75, 3.05) is 6.54 Å². The molecule has 2 heteroatoms. The summed E-state index contributed by atoms with van der Waals surface area (Å²) in [5.41, 5.74) is 3.58. The van der Waals surface area contributed by atoms with Gasteiger partial charge in [0.25, 0.3) is 5.91 Å². The number of nitrogens with one attached hydrogen (secondary N) is 1. The third-order valence-corrected chi connectivity index (χ3v) is 6.64. The third-order valence-electron chi connectivity index (χ3n) is 6.64. The smallest absolute Gasteiger partial charge is 0.251 e. The second kappa shape index (κ2) is 5.11. The number of aryl methyl sites for hydroxylation is 1. The van der Waals surface area contributed by atoms with Crippen LogP contribution in [0.2, 0.25) is 0 Å². The van der Waals surface area contributed by atoms with Gasteiger partial charge in [0.2, 0.25) is 0 Å². The molecule has 22 heavy (non-hydrogen) atoms. The molecule has 4 fully saturated rings. The average Bonchev–Trinajstić information content (AvgIpc) is 2.46. The van der Waals surface area contributed by atoms with Crippen LogP contribution in [-0.2, 0) is 0 Å². The molecule has 118 valence electrons. The summed E-state index contributed by atoms with van der Waals surface area (Å²) < 4.78 is 0. The van der Waals surface area contributed by atoms with Gasteiger partial charge in [-0.1, -0.05) is 12.1 Å². The SMILES string of the molecule is Cc1cccc(C(=O)NCC23CC4CC(CC(C4)C2)C3)c1C. The van der Waals surface area contributed by atoms with Crippen LogP contribution in [0.1, 0.15) is 60.0 Å². The zero-order valence-corrected chi connectivity index (χ0v) is 13.8. The standard InChI is InChI=1S/C20H27NO/c1-13-4-3-5-18(14(13)2)19(22)21-12-20-9-15-6-16(10-20)8-17(7-15)11-20/h3-5,15-17H,6-12H2,1-2H3,(H,21,22). The minimum atomic E-state index is 0.122. The van der Waals surface area contributed by atoms with E-state index >= 15 is 0 Å². The summed E-state index contributed by atoms with van der Waals surface area (Å²) in [6.07, 6.45) is 8.45. The Kier molecular flexibility index (Phi) is 3.32. The maximum atomic E-state index is 12.6. The first kappa shape index (κ1) is 14.3. The highest BCUT2D eigenvalue weighted by Gasteiger charge is 2.50. The highest BCUT2D eigenvalue weighted by molar-refractivity contribution is 5.95. The van der Waals surface area contributed by atoms with Gasteiger partial charge in [0.15, 0.2) is 0 Å². The van der Waals surface area contributed by atoms with Gasteiger partial charge in [0, 0.05) is 12.1 Å². The third kappa shape index (κ3) is 2.37. The molecule has 0 unspecified atom stereocenters. The van der Waals surface area contributed by atoms with Gasteiger partial charge in [-0.2, -0.15) is 0 Å². The first-order valence-electron chi connectivity index (χ1n) is 8.89. The number of benzene rings is 1. The average molecular weight is 297 g/mol. The molecule has 1 aromatic rings.